The van der Waals surface area contributed by atoms with Crippen molar-refractivity contribution in [3.8, 4) is 0 Å². The maximum absolute atomic E-state index is 6.43. The van der Waals surface area contributed by atoms with Crippen LogP contribution < -0.4 is 5.73 Å². The average Bonchev–Trinajstić information content (AvgIpc) is 3.17. The Morgan fingerprint density at radius 1 is 1.21 bits per heavy atom. The average molecular weight is 260 g/mol. The van der Waals surface area contributed by atoms with Gasteiger partial charge in [-0.3, -0.25) is 4.90 Å². The van der Waals surface area contributed by atoms with Gasteiger partial charge < -0.3 is 5.73 Å². The van der Waals surface area contributed by atoms with Crippen molar-refractivity contribution in [1.82, 2.24) is 4.90 Å². The fourth-order valence-corrected chi connectivity index (χ4v) is 2.81. The lowest BCUT2D eigenvalue weighted by Crippen LogP contribution is -2.34. The summed E-state index contributed by atoms with van der Waals surface area (Å²) in [5.74, 6) is 0. The second-order valence-corrected chi connectivity index (χ2v) is 6.11. The molecular weight excluding hydrogens is 232 g/mol. The molecule has 2 heteroatoms. The fraction of sp³-hybridized carbons (Fsp3) is 0.647. The summed E-state index contributed by atoms with van der Waals surface area (Å²) in [5.41, 5.74) is 10.4. The zero-order chi connectivity index (χ0) is 13.8. The number of unbranched alkanes of at least 4 members (excludes halogenated alkanes) is 1. The molecule has 1 saturated carbocycles. The molecule has 0 spiro atoms. The fourth-order valence-electron chi connectivity index (χ4n) is 2.81. The van der Waals surface area contributed by atoms with Gasteiger partial charge in [0.25, 0.3) is 0 Å². The number of benzene rings is 1. The molecule has 0 aromatic heterocycles. The minimum atomic E-state index is 0.149. The van der Waals surface area contributed by atoms with Crippen LogP contribution in [0.25, 0.3) is 0 Å². The van der Waals surface area contributed by atoms with E-state index in [0.717, 1.165) is 12.6 Å². The summed E-state index contributed by atoms with van der Waals surface area (Å²) < 4.78 is 0. The summed E-state index contributed by atoms with van der Waals surface area (Å²) in [4.78, 5) is 2.60. The van der Waals surface area contributed by atoms with E-state index in [-0.39, 0.29) is 6.04 Å². The Bertz CT molecular complexity index is 389. The first-order chi connectivity index (χ1) is 9.10. The summed E-state index contributed by atoms with van der Waals surface area (Å²) in [6.07, 6.45) is 5.28. The van der Waals surface area contributed by atoms with Gasteiger partial charge in [-0.15, -0.1) is 0 Å². The van der Waals surface area contributed by atoms with Crippen molar-refractivity contribution < 1.29 is 0 Å². The highest BCUT2D eigenvalue weighted by molar-refractivity contribution is 5.30. The van der Waals surface area contributed by atoms with Crippen molar-refractivity contribution in [1.29, 1.82) is 0 Å². The molecule has 1 aliphatic rings. The molecule has 2 N–H and O–H groups in total. The molecule has 1 aromatic rings. The normalized spacial score (nSPS) is 16.9. The van der Waals surface area contributed by atoms with Crippen LogP contribution in [-0.4, -0.2) is 24.0 Å². The Morgan fingerprint density at radius 2 is 1.84 bits per heavy atom. The van der Waals surface area contributed by atoms with E-state index in [4.69, 9.17) is 5.73 Å². The van der Waals surface area contributed by atoms with E-state index in [1.807, 2.05) is 0 Å². The van der Waals surface area contributed by atoms with E-state index in [1.165, 1.54) is 48.9 Å². The number of rotatable bonds is 7. The maximum Gasteiger partial charge on any atom is 0.0424 e. The maximum atomic E-state index is 6.43. The van der Waals surface area contributed by atoms with Gasteiger partial charge in [-0.25, -0.2) is 0 Å². The smallest absolute Gasteiger partial charge is 0.0424 e. The number of nitrogens with zero attached hydrogens (tertiary/aromatic N) is 1. The van der Waals surface area contributed by atoms with Gasteiger partial charge in [0.15, 0.2) is 0 Å². The first kappa shape index (κ1) is 14.5. The Kier molecular flexibility index (Phi) is 5.00. The van der Waals surface area contributed by atoms with E-state index in [0.29, 0.717) is 0 Å². The topological polar surface area (TPSA) is 29.3 Å². The second kappa shape index (κ2) is 6.53. The van der Waals surface area contributed by atoms with E-state index >= 15 is 0 Å². The number of hydrogen-bond acceptors (Lipinski definition) is 2. The molecule has 1 fully saturated rings. The lowest BCUT2D eigenvalue weighted by molar-refractivity contribution is 0.243. The minimum absolute atomic E-state index is 0.149. The monoisotopic (exact) mass is 260 g/mol. The molecule has 2 rings (SSSR count). The van der Waals surface area contributed by atoms with Gasteiger partial charge in [0.2, 0.25) is 0 Å². The molecule has 2 nitrogen and oxygen atoms in total. The summed E-state index contributed by atoms with van der Waals surface area (Å²) in [6.45, 7) is 8.78. The van der Waals surface area contributed by atoms with E-state index < -0.39 is 0 Å². The van der Waals surface area contributed by atoms with Crippen LogP contribution in [0.2, 0.25) is 0 Å². The molecule has 19 heavy (non-hydrogen) atoms. The summed E-state index contributed by atoms with van der Waals surface area (Å²) in [7, 11) is 0. The van der Waals surface area contributed by atoms with E-state index in [9.17, 15) is 0 Å². The number of nitrogens with two attached hydrogens (primary N) is 1. The summed E-state index contributed by atoms with van der Waals surface area (Å²) in [6, 6.07) is 7.65. The predicted octanol–water partition coefficient (Wildman–Crippen LogP) is 3.57. The van der Waals surface area contributed by atoms with E-state index in [2.05, 4.69) is 43.9 Å². The minimum Gasteiger partial charge on any atom is -0.323 e. The Balaban J connectivity index is 1.99. The van der Waals surface area contributed by atoms with Gasteiger partial charge in [-0.2, -0.15) is 0 Å². The van der Waals surface area contributed by atoms with Crippen molar-refractivity contribution >= 4 is 0 Å². The number of aryl methyl sites for hydroxylation is 2. The van der Waals surface area contributed by atoms with Crippen LogP contribution in [0.1, 0.15) is 55.3 Å². The molecule has 0 amide bonds. The molecule has 0 radical (unpaired) electrons. The molecule has 0 heterocycles. The third-order valence-electron chi connectivity index (χ3n) is 3.97. The highest BCUT2D eigenvalue weighted by Gasteiger charge is 2.29. The van der Waals surface area contributed by atoms with Crippen molar-refractivity contribution in [2.75, 3.05) is 13.1 Å². The van der Waals surface area contributed by atoms with Crippen LogP contribution in [0.15, 0.2) is 18.2 Å². The summed E-state index contributed by atoms with van der Waals surface area (Å²) >= 11 is 0. The van der Waals surface area contributed by atoms with Gasteiger partial charge in [-0.05, 0) is 45.2 Å². The van der Waals surface area contributed by atoms with Gasteiger partial charge in [0.05, 0.1) is 0 Å². The van der Waals surface area contributed by atoms with Gasteiger partial charge in [0, 0.05) is 18.6 Å². The van der Waals surface area contributed by atoms with Crippen molar-refractivity contribution in [3.05, 3.63) is 34.9 Å². The van der Waals surface area contributed by atoms with Crippen LogP contribution >= 0.6 is 0 Å². The lowest BCUT2D eigenvalue weighted by atomic mass is 10.0. The third kappa shape index (κ3) is 4.32. The Morgan fingerprint density at radius 3 is 2.37 bits per heavy atom. The van der Waals surface area contributed by atoms with E-state index in [1.54, 1.807) is 0 Å². The molecule has 1 unspecified atom stereocenters. The van der Waals surface area contributed by atoms with Gasteiger partial charge >= 0.3 is 0 Å². The molecular formula is C17H28N2. The van der Waals surface area contributed by atoms with Crippen molar-refractivity contribution in [3.63, 3.8) is 0 Å². The quantitative estimate of drug-likeness (QED) is 0.812. The van der Waals surface area contributed by atoms with Crippen LogP contribution in [0.4, 0.5) is 0 Å². The van der Waals surface area contributed by atoms with Crippen LogP contribution in [0.3, 0.4) is 0 Å². The number of hydrogen-bond donors (Lipinski definition) is 1. The van der Waals surface area contributed by atoms with Crippen LogP contribution in [0.5, 0.6) is 0 Å². The first-order valence-corrected chi connectivity index (χ1v) is 7.68. The molecule has 106 valence electrons. The molecule has 0 aliphatic heterocycles. The zero-order valence-electron chi connectivity index (χ0n) is 12.7. The lowest BCUT2D eigenvalue weighted by Gasteiger charge is -2.26. The van der Waals surface area contributed by atoms with Gasteiger partial charge in [-0.1, -0.05) is 42.7 Å². The van der Waals surface area contributed by atoms with Crippen LogP contribution in [0, 0.1) is 13.8 Å². The Hall–Kier alpha value is -0.860. The van der Waals surface area contributed by atoms with Crippen molar-refractivity contribution in [2.24, 2.45) is 5.73 Å². The highest BCUT2D eigenvalue weighted by Crippen LogP contribution is 2.29. The largest absolute Gasteiger partial charge is 0.323 e. The molecule has 1 atom stereocenters. The van der Waals surface area contributed by atoms with Gasteiger partial charge in [0.1, 0.15) is 0 Å². The Labute approximate surface area is 118 Å². The molecule has 1 aromatic carbocycles. The molecule has 1 aliphatic carbocycles. The zero-order valence-corrected chi connectivity index (χ0v) is 12.7. The van der Waals surface area contributed by atoms with Crippen molar-refractivity contribution in [2.45, 2.75) is 58.5 Å². The summed E-state index contributed by atoms with van der Waals surface area (Å²) in [5, 5.41) is 0. The first-order valence-electron chi connectivity index (χ1n) is 7.68. The third-order valence-corrected chi connectivity index (χ3v) is 3.97. The highest BCUT2D eigenvalue weighted by atomic mass is 15.2. The SMILES string of the molecule is CCCCN(CC(N)c1cc(C)cc(C)c1)C1CC1. The second-order valence-electron chi connectivity index (χ2n) is 6.11. The molecule has 0 bridgehead atoms. The molecule has 0 saturated heterocycles. The standard InChI is InChI=1S/C17H28N2/c1-4-5-8-19(16-6-7-16)12-17(18)15-10-13(2)9-14(3)11-15/h9-11,16-17H,4-8,12,18H2,1-3H3. The van der Waals surface area contributed by atoms with Crippen LogP contribution in [-0.2, 0) is 0 Å². The predicted molar refractivity (Wildman–Crippen MR) is 82.3 cm³/mol.